The maximum atomic E-state index is 12.5. The van der Waals surface area contributed by atoms with Crippen molar-refractivity contribution in [3.05, 3.63) is 65.4 Å². The van der Waals surface area contributed by atoms with Gasteiger partial charge in [-0.25, -0.2) is 0 Å². The van der Waals surface area contributed by atoms with Crippen LogP contribution >= 0.6 is 0 Å². The van der Waals surface area contributed by atoms with Crippen molar-refractivity contribution in [3.8, 4) is 0 Å². The number of fused-ring (bicyclic) bond motifs is 2. The summed E-state index contributed by atoms with van der Waals surface area (Å²) in [5.74, 6) is -0.0894. The Labute approximate surface area is 180 Å². The molecular formula is C24H23N5O2. The lowest BCUT2D eigenvalue weighted by Gasteiger charge is -2.31. The predicted octanol–water partition coefficient (Wildman–Crippen LogP) is 2.84. The first-order chi connectivity index (χ1) is 15.1. The predicted molar refractivity (Wildman–Crippen MR) is 122 cm³/mol. The molecule has 0 radical (unpaired) electrons. The lowest BCUT2D eigenvalue weighted by atomic mass is 10.0. The van der Waals surface area contributed by atoms with E-state index >= 15 is 0 Å². The van der Waals surface area contributed by atoms with E-state index in [-0.39, 0.29) is 11.8 Å². The molecular weight excluding hydrogens is 390 g/mol. The van der Waals surface area contributed by atoms with Gasteiger partial charge in [-0.3, -0.25) is 14.7 Å². The second-order valence-electron chi connectivity index (χ2n) is 7.93. The number of carbonyl (C=O) groups excluding carboxylic acids is 2. The highest BCUT2D eigenvalue weighted by atomic mass is 16.2. The average molecular weight is 413 g/mol. The second kappa shape index (κ2) is 7.85. The number of amides is 2. The number of para-hydroxylation sites is 1. The summed E-state index contributed by atoms with van der Waals surface area (Å²) in [5, 5.41) is 11.2. The van der Waals surface area contributed by atoms with Crippen molar-refractivity contribution in [1.29, 1.82) is 0 Å². The summed E-state index contributed by atoms with van der Waals surface area (Å²) in [6, 6.07) is 13.5. The Hall–Kier alpha value is -3.71. The summed E-state index contributed by atoms with van der Waals surface area (Å²) in [5.41, 5.74) is 4.87. The molecule has 5 rings (SSSR count). The summed E-state index contributed by atoms with van der Waals surface area (Å²) in [6.45, 7) is 3.28. The molecule has 0 unspecified atom stereocenters. The van der Waals surface area contributed by atoms with Gasteiger partial charge < -0.3 is 15.1 Å². The molecule has 0 bridgehead atoms. The molecule has 2 aromatic carbocycles. The van der Waals surface area contributed by atoms with E-state index in [0.29, 0.717) is 5.57 Å². The molecule has 2 amide bonds. The van der Waals surface area contributed by atoms with E-state index in [1.807, 2.05) is 53.4 Å². The molecule has 156 valence electrons. The fourth-order valence-corrected chi connectivity index (χ4v) is 4.01. The van der Waals surface area contributed by atoms with Crippen LogP contribution in [0.1, 0.15) is 16.8 Å². The Morgan fingerprint density at radius 2 is 1.90 bits per heavy atom. The zero-order valence-electron chi connectivity index (χ0n) is 17.3. The van der Waals surface area contributed by atoms with E-state index < -0.39 is 0 Å². The highest BCUT2D eigenvalue weighted by Crippen LogP contribution is 2.33. The maximum Gasteiger partial charge on any atom is 0.256 e. The number of nitrogens with zero attached hydrogens (tertiary/aromatic N) is 3. The molecule has 2 aliphatic heterocycles. The van der Waals surface area contributed by atoms with Crippen LogP contribution in [0.5, 0.6) is 0 Å². The van der Waals surface area contributed by atoms with Gasteiger partial charge in [0.15, 0.2) is 0 Å². The van der Waals surface area contributed by atoms with Crippen molar-refractivity contribution in [2.75, 3.05) is 38.5 Å². The zero-order chi connectivity index (χ0) is 21.4. The molecule has 0 saturated carbocycles. The van der Waals surface area contributed by atoms with E-state index in [4.69, 9.17) is 0 Å². The van der Waals surface area contributed by atoms with Gasteiger partial charge in [-0.15, -0.1) is 0 Å². The average Bonchev–Trinajstić information content (AvgIpc) is 3.33. The Morgan fingerprint density at radius 3 is 2.74 bits per heavy atom. The number of piperazine rings is 1. The normalized spacial score (nSPS) is 18.2. The number of hydrogen-bond acceptors (Lipinski definition) is 4. The van der Waals surface area contributed by atoms with Crippen LogP contribution in [0.15, 0.2) is 48.5 Å². The number of likely N-dealkylation sites (N-methyl/N-ethyl adjacent to an activating group) is 1. The molecule has 2 aliphatic rings. The third-order valence-electron chi connectivity index (χ3n) is 5.84. The van der Waals surface area contributed by atoms with Gasteiger partial charge in [0, 0.05) is 54.5 Å². The van der Waals surface area contributed by atoms with E-state index in [1.54, 1.807) is 12.2 Å². The Balaban J connectivity index is 1.37. The number of rotatable bonds is 3. The maximum absolute atomic E-state index is 12.5. The van der Waals surface area contributed by atoms with Gasteiger partial charge >= 0.3 is 0 Å². The van der Waals surface area contributed by atoms with Crippen LogP contribution in [0, 0.1) is 0 Å². The summed E-state index contributed by atoms with van der Waals surface area (Å²) >= 11 is 0. The number of hydrogen-bond donors (Lipinski definition) is 2. The van der Waals surface area contributed by atoms with Crippen LogP contribution in [0.25, 0.3) is 28.6 Å². The standard InChI is InChI=1S/C24H23N5O2/c1-28-10-12-29(13-11-28)23(30)9-8-21-18-7-6-16(15-22(18)27-26-21)14-19-17-4-2-3-5-20(17)25-24(19)31/h2-9,14-15H,10-13H2,1H3,(H,25,31)(H,26,27). The van der Waals surface area contributed by atoms with Gasteiger partial charge in [-0.05, 0) is 43.0 Å². The summed E-state index contributed by atoms with van der Waals surface area (Å²) in [4.78, 5) is 28.9. The van der Waals surface area contributed by atoms with Crippen molar-refractivity contribution in [2.24, 2.45) is 0 Å². The van der Waals surface area contributed by atoms with E-state index in [0.717, 1.165) is 59.6 Å². The number of carbonyl (C=O) groups is 2. The number of aromatic amines is 1. The molecule has 3 aromatic rings. The number of H-pyrrole nitrogens is 1. The Kier molecular flexibility index (Phi) is 4.88. The Morgan fingerprint density at radius 1 is 1.10 bits per heavy atom. The molecule has 1 saturated heterocycles. The largest absolute Gasteiger partial charge is 0.337 e. The molecule has 2 N–H and O–H groups in total. The fraction of sp³-hybridized carbons (Fsp3) is 0.208. The third-order valence-corrected chi connectivity index (χ3v) is 5.84. The number of benzene rings is 2. The molecule has 1 aromatic heterocycles. The quantitative estimate of drug-likeness (QED) is 0.647. The van der Waals surface area contributed by atoms with Crippen LogP contribution in [-0.4, -0.2) is 65.0 Å². The van der Waals surface area contributed by atoms with Crippen LogP contribution in [0.3, 0.4) is 0 Å². The zero-order valence-corrected chi connectivity index (χ0v) is 17.3. The van der Waals surface area contributed by atoms with Crippen LogP contribution in [-0.2, 0) is 9.59 Å². The monoisotopic (exact) mass is 413 g/mol. The highest BCUT2D eigenvalue weighted by Gasteiger charge is 2.23. The summed E-state index contributed by atoms with van der Waals surface area (Å²) in [6.07, 6.45) is 5.24. The van der Waals surface area contributed by atoms with Gasteiger partial charge in [0.25, 0.3) is 5.91 Å². The lowest BCUT2D eigenvalue weighted by molar-refractivity contribution is -0.127. The molecule has 7 nitrogen and oxygen atoms in total. The van der Waals surface area contributed by atoms with Gasteiger partial charge in [0.05, 0.1) is 11.2 Å². The number of nitrogens with one attached hydrogen (secondary N) is 2. The molecule has 1 fully saturated rings. The summed E-state index contributed by atoms with van der Waals surface area (Å²) < 4.78 is 0. The SMILES string of the molecule is CN1CCN(C(=O)C=Cc2n[nH]c3cc(C=C4C(=O)Nc5ccccc54)ccc23)CC1. The molecule has 3 heterocycles. The molecule has 31 heavy (non-hydrogen) atoms. The van der Waals surface area contributed by atoms with Crippen molar-refractivity contribution in [1.82, 2.24) is 20.0 Å². The van der Waals surface area contributed by atoms with Crippen LogP contribution < -0.4 is 5.32 Å². The minimum absolute atomic E-state index is 0.0107. The first-order valence-corrected chi connectivity index (χ1v) is 10.3. The van der Waals surface area contributed by atoms with E-state index in [9.17, 15) is 9.59 Å². The first kappa shape index (κ1) is 19.3. The van der Waals surface area contributed by atoms with Crippen LogP contribution in [0.4, 0.5) is 5.69 Å². The molecule has 0 atom stereocenters. The molecule has 7 heteroatoms. The van der Waals surface area contributed by atoms with Crippen molar-refractivity contribution >= 4 is 46.1 Å². The van der Waals surface area contributed by atoms with Crippen LogP contribution in [0.2, 0.25) is 0 Å². The molecule has 0 aliphatic carbocycles. The number of aromatic nitrogens is 2. The molecule has 0 spiro atoms. The third kappa shape index (κ3) is 3.75. The van der Waals surface area contributed by atoms with Gasteiger partial charge in [0.1, 0.15) is 0 Å². The minimum atomic E-state index is -0.100. The van der Waals surface area contributed by atoms with Crippen molar-refractivity contribution in [2.45, 2.75) is 0 Å². The van der Waals surface area contributed by atoms with Crippen molar-refractivity contribution < 1.29 is 9.59 Å². The number of anilines is 1. The van der Waals surface area contributed by atoms with Gasteiger partial charge in [0.2, 0.25) is 5.91 Å². The smallest absolute Gasteiger partial charge is 0.256 e. The Bertz CT molecular complexity index is 1230. The van der Waals surface area contributed by atoms with Gasteiger partial charge in [-0.1, -0.05) is 24.3 Å². The van der Waals surface area contributed by atoms with E-state index in [1.165, 1.54) is 0 Å². The topological polar surface area (TPSA) is 81.3 Å². The van der Waals surface area contributed by atoms with Gasteiger partial charge in [-0.2, -0.15) is 5.10 Å². The first-order valence-electron chi connectivity index (χ1n) is 10.3. The van der Waals surface area contributed by atoms with E-state index in [2.05, 4.69) is 27.5 Å². The summed E-state index contributed by atoms with van der Waals surface area (Å²) in [7, 11) is 2.07. The van der Waals surface area contributed by atoms with Crippen molar-refractivity contribution in [3.63, 3.8) is 0 Å². The highest BCUT2D eigenvalue weighted by molar-refractivity contribution is 6.34. The second-order valence-corrected chi connectivity index (χ2v) is 7.93. The fourth-order valence-electron chi connectivity index (χ4n) is 4.01. The lowest BCUT2D eigenvalue weighted by Crippen LogP contribution is -2.46. The minimum Gasteiger partial charge on any atom is -0.337 e.